The molecule has 1 aromatic carbocycles. The number of carbonyl (C=O) groups excluding carboxylic acids is 1. The predicted molar refractivity (Wildman–Crippen MR) is 86.2 cm³/mol. The topological polar surface area (TPSA) is 55.8 Å². The largest absolute Gasteiger partial charge is 0.469 e. The van der Waals surface area contributed by atoms with Gasteiger partial charge < -0.3 is 14.6 Å². The van der Waals surface area contributed by atoms with Crippen molar-refractivity contribution < 1.29 is 19.4 Å². The van der Waals surface area contributed by atoms with E-state index in [1.54, 1.807) is 13.0 Å². The van der Waals surface area contributed by atoms with Crippen LogP contribution in [0.3, 0.4) is 0 Å². The van der Waals surface area contributed by atoms with E-state index >= 15 is 0 Å². The molecule has 122 valence electrons. The van der Waals surface area contributed by atoms with Crippen LogP contribution in [-0.2, 0) is 20.9 Å². The van der Waals surface area contributed by atoms with E-state index in [0.717, 1.165) is 5.56 Å². The molecular formula is C18H26O4. The number of rotatable bonds is 8. The highest BCUT2D eigenvalue weighted by Gasteiger charge is 2.20. The van der Waals surface area contributed by atoms with E-state index in [4.69, 9.17) is 4.74 Å². The second-order valence-electron chi connectivity index (χ2n) is 5.55. The Hall–Kier alpha value is -1.65. The summed E-state index contributed by atoms with van der Waals surface area (Å²) in [6.07, 6.45) is 2.65. The Morgan fingerprint density at radius 3 is 2.41 bits per heavy atom. The van der Waals surface area contributed by atoms with E-state index in [1.165, 1.54) is 7.11 Å². The van der Waals surface area contributed by atoms with Gasteiger partial charge in [-0.15, -0.1) is 0 Å². The first-order chi connectivity index (χ1) is 10.5. The predicted octanol–water partition coefficient (Wildman–Crippen LogP) is 2.95. The third-order valence-electron chi connectivity index (χ3n) is 3.65. The molecule has 1 rings (SSSR count). The number of hydrogen-bond donors (Lipinski definition) is 1. The summed E-state index contributed by atoms with van der Waals surface area (Å²) in [7, 11) is 1.37. The van der Waals surface area contributed by atoms with Gasteiger partial charge in [0.25, 0.3) is 0 Å². The summed E-state index contributed by atoms with van der Waals surface area (Å²) < 4.78 is 10.4. The lowest BCUT2D eigenvalue weighted by atomic mass is 9.98. The van der Waals surface area contributed by atoms with Crippen molar-refractivity contribution in [3.63, 3.8) is 0 Å². The summed E-state index contributed by atoms with van der Waals surface area (Å²) in [5.41, 5.74) is 1.07. The Labute approximate surface area is 132 Å². The fourth-order valence-corrected chi connectivity index (χ4v) is 2.05. The molecule has 1 aromatic rings. The molecule has 0 heterocycles. The molecule has 0 aliphatic heterocycles. The van der Waals surface area contributed by atoms with Gasteiger partial charge in [0.05, 0.1) is 31.8 Å². The van der Waals surface area contributed by atoms with E-state index in [9.17, 15) is 9.90 Å². The molecule has 0 fully saturated rings. The van der Waals surface area contributed by atoms with Crippen LogP contribution in [0.4, 0.5) is 0 Å². The highest BCUT2D eigenvalue weighted by Crippen LogP contribution is 2.15. The van der Waals surface area contributed by atoms with Gasteiger partial charge >= 0.3 is 5.97 Å². The zero-order valence-electron chi connectivity index (χ0n) is 13.7. The van der Waals surface area contributed by atoms with Crippen molar-refractivity contribution in [1.29, 1.82) is 0 Å². The van der Waals surface area contributed by atoms with Crippen molar-refractivity contribution in [2.75, 3.05) is 7.11 Å². The molecule has 0 spiro atoms. The Bertz CT molecular complexity index is 469. The van der Waals surface area contributed by atoms with E-state index < -0.39 is 6.10 Å². The minimum Gasteiger partial charge on any atom is -0.469 e. The van der Waals surface area contributed by atoms with Crippen molar-refractivity contribution >= 4 is 5.97 Å². The smallest absolute Gasteiger partial charge is 0.312 e. The highest BCUT2D eigenvalue weighted by atomic mass is 16.5. The van der Waals surface area contributed by atoms with Crippen molar-refractivity contribution in [2.24, 2.45) is 11.8 Å². The van der Waals surface area contributed by atoms with Crippen molar-refractivity contribution in [3.05, 3.63) is 48.0 Å². The van der Waals surface area contributed by atoms with E-state index in [-0.39, 0.29) is 23.9 Å². The van der Waals surface area contributed by atoms with Gasteiger partial charge in [-0.1, -0.05) is 49.4 Å². The molecule has 0 bridgehead atoms. The summed E-state index contributed by atoms with van der Waals surface area (Å²) in [6, 6.07) is 9.84. The molecule has 4 atom stereocenters. The van der Waals surface area contributed by atoms with Crippen molar-refractivity contribution in [3.8, 4) is 0 Å². The minimum absolute atomic E-state index is 0.113. The number of carbonyl (C=O) groups is 1. The van der Waals surface area contributed by atoms with Crippen LogP contribution in [0.15, 0.2) is 42.5 Å². The third kappa shape index (κ3) is 6.00. The van der Waals surface area contributed by atoms with Crippen LogP contribution in [0.25, 0.3) is 0 Å². The first kappa shape index (κ1) is 18.4. The third-order valence-corrected chi connectivity index (χ3v) is 3.65. The molecule has 4 heteroatoms. The maximum Gasteiger partial charge on any atom is 0.312 e. The fraction of sp³-hybridized carbons (Fsp3) is 0.500. The SMILES string of the molecule is COC(=O)[C@@H](C)/C=C/[C@@H](C)[C@H](O)[C@H](C)OCc1ccccc1. The Morgan fingerprint density at radius 1 is 1.18 bits per heavy atom. The standard InChI is InChI=1S/C18H26O4/c1-13(10-11-14(2)18(20)21-4)17(19)15(3)22-12-16-8-6-5-7-9-16/h5-11,13-15,17,19H,12H2,1-4H3/b11-10+/t13-,14+,15+,17+/m1/s1. The summed E-state index contributed by atoms with van der Waals surface area (Å²) >= 11 is 0. The van der Waals surface area contributed by atoms with E-state index in [0.29, 0.717) is 6.61 Å². The molecule has 0 unspecified atom stereocenters. The maximum atomic E-state index is 11.3. The molecule has 0 radical (unpaired) electrons. The maximum absolute atomic E-state index is 11.3. The number of esters is 1. The lowest BCUT2D eigenvalue weighted by molar-refractivity contribution is -0.143. The number of ether oxygens (including phenoxy) is 2. The van der Waals surface area contributed by atoms with Crippen molar-refractivity contribution in [2.45, 2.75) is 39.6 Å². The Morgan fingerprint density at radius 2 is 1.82 bits per heavy atom. The van der Waals surface area contributed by atoms with Crippen LogP contribution < -0.4 is 0 Å². The molecule has 0 aliphatic rings. The monoisotopic (exact) mass is 306 g/mol. The van der Waals surface area contributed by atoms with Crippen LogP contribution in [0.2, 0.25) is 0 Å². The van der Waals surface area contributed by atoms with Gasteiger partial charge in [-0.3, -0.25) is 4.79 Å². The molecule has 0 saturated heterocycles. The average Bonchev–Trinajstić information content (AvgIpc) is 2.56. The summed E-state index contributed by atoms with van der Waals surface area (Å²) in [4.78, 5) is 11.3. The van der Waals surface area contributed by atoms with Gasteiger partial charge in [0, 0.05) is 5.92 Å². The Balaban J connectivity index is 2.46. The van der Waals surface area contributed by atoms with Gasteiger partial charge in [-0.05, 0) is 19.4 Å². The minimum atomic E-state index is -0.634. The summed E-state index contributed by atoms with van der Waals surface area (Å²) in [5, 5.41) is 10.3. The lowest BCUT2D eigenvalue weighted by Crippen LogP contribution is -2.31. The lowest BCUT2D eigenvalue weighted by Gasteiger charge is -2.23. The zero-order chi connectivity index (χ0) is 16.5. The van der Waals surface area contributed by atoms with Gasteiger partial charge in [-0.25, -0.2) is 0 Å². The first-order valence-corrected chi connectivity index (χ1v) is 7.55. The van der Waals surface area contributed by atoms with Gasteiger partial charge in [0.1, 0.15) is 0 Å². The van der Waals surface area contributed by atoms with Gasteiger partial charge in [-0.2, -0.15) is 0 Å². The van der Waals surface area contributed by atoms with E-state index in [1.807, 2.05) is 50.3 Å². The van der Waals surface area contributed by atoms with E-state index in [2.05, 4.69) is 4.74 Å². The van der Waals surface area contributed by atoms with Gasteiger partial charge in [0.15, 0.2) is 0 Å². The first-order valence-electron chi connectivity index (χ1n) is 7.55. The highest BCUT2D eigenvalue weighted by molar-refractivity contribution is 5.73. The molecule has 0 aliphatic carbocycles. The number of benzene rings is 1. The Kier molecular flexibility index (Phi) is 7.85. The number of aliphatic hydroxyl groups excluding tert-OH is 1. The molecule has 0 saturated carbocycles. The molecule has 0 amide bonds. The number of methoxy groups -OCH3 is 1. The normalized spacial score (nSPS) is 17.0. The summed E-state index contributed by atoms with van der Waals surface area (Å²) in [5.74, 6) is -0.718. The molecular weight excluding hydrogens is 280 g/mol. The van der Waals surface area contributed by atoms with Crippen LogP contribution in [-0.4, -0.2) is 30.4 Å². The second-order valence-corrected chi connectivity index (χ2v) is 5.55. The van der Waals surface area contributed by atoms with Crippen LogP contribution in [0.5, 0.6) is 0 Å². The van der Waals surface area contributed by atoms with Crippen LogP contribution in [0, 0.1) is 11.8 Å². The van der Waals surface area contributed by atoms with Crippen molar-refractivity contribution in [1.82, 2.24) is 0 Å². The average molecular weight is 306 g/mol. The van der Waals surface area contributed by atoms with Crippen LogP contribution >= 0.6 is 0 Å². The molecule has 22 heavy (non-hydrogen) atoms. The van der Waals surface area contributed by atoms with Gasteiger partial charge in [0.2, 0.25) is 0 Å². The molecule has 0 aromatic heterocycles. The second kappa shape index (κ2) is 9.38. The molecule has 1 N–H and O–H groups in total. The number of aliphatic hydroxyl groups is 1. The number of hydrogen-bond acceptors (Lipinski definition) is 4. The zero-order valence-corrected chi connectivity index (χ0v) is 13.7. The fourth-order valence-electron chi connectivity index (χ4n) is 2.05. The quantitative estimate of drug-likeness (QED) is 0.592. The molecule has 4 nitrogen and oxygen atoms in total. The summed E-state index contributed by atoms with van der Waals surface area (Å²) in [6.45, 7) is 5.97. The van der Waals surface area contributed by atoms with Crippen LogP contribution in [0.1, 0.15) is 26.3 Å².